The number of ether oxygens (including phenoxy) is 1. The SMILES string of the molecule is O=[N+]([O-])c1ccc(Cl)c(Oc2nc(Cl)c(CO)s2)c1. The monoisotopic (exact) mass is 320 g/mol. The van der Waals surface area contributed by atoms with Gasteiger partial charge in [-0.05, 0) is 6.07 Å². The number of halogens is 2. The molecule has 2 rings (SSSR count). The molecule has 0 saturated carbocycles. The van der Waals surface area contributed by atoms with Gasteiger partial charge in [-0.3, -0.25) is 10.1 Å². The average molecular weight is 321 g/mol. The lowest BCUT2D eigenvalue weighted by atomic mass is 10.3. The van der Waals surface area contributed by atoms with E-state index in [9.17, 15) is 10.1 Å². The first-order valence-corrected chi connectivity index (χ1v) is 6.46. The zero-order chi connectivity index (χ0) is 14.0. The number of aromatic nitrogens is 1. The fourth-order valence-corrected chi connectivity index (χ4v) is 2.36. The van der Waals surface area contributed by atoms with E-state index >= 15 is 0 Å². The van der Waals surface area contributed by atoms with E-state index in [1.165, 1.54) is 18.2 Å². The van der Waals surface area contributed by atoms with Gasteiger partial charge in [0.05, 0.1) is 27.5 Å². The smallest absolute Gasteiger partial charge is 0.280 e. The molecule has 0 fully saturated rings. The molecule has 100 valence electrons. The number of hydrogen-bond acceptors (Lipinski definition) is 6. The maximum absolute atomic E-state index is 10.7. The second-order valence-corrected chi connectivity index (χ2v) is 5.14. The van der Waals surface area contributed by atoms with E-state index in [0.29, 0.717) is 4.88 Å². The first-order valence-electron chi connectivity index (χ1n) is 4.89. The molecule has 0 spiro atoms. The van der Waals surface area contributed by atoms with Crippen LogP contribution in [0.25, 0.3) is 0 Å². The Hall–Kier alpha value is -1.41. The molecule has 9 heteroatoms. The quantitative estimate of drug-likeness (QED) is 0.686. The van der Waals surface area contributed by atoms with E-state index < -0.39 is 4.92 Å². The minimum absolute atomic E-state index is 0.103. The van der Waals surface area contributed by atoms with Gasteiger partial charge in [-0.2, -0.15) is 4.98 Å². The molecule has 1 aromatic carbocycles. The molecular formula is C10H6Cl2N2O4S. The molecule has 19 heavy (non-hydrogen) atoms. The summed E-state index contributed by atoms with van der Waals surface area (Å²) in [5.74, 6) is 0.103. The molecule has 0 radical (unpaired) electrons. The van der Waals surface area contributed by atoms with Crippen LogP contribution in [0, 0.1) is 10.1 Å². The van der Waals surface area contributed by atoms with Gasteiger partial charge in [-0.15, -0.1) is 0 Å². The number of thiazole rings is 1. The number of non-ortho nitro benzene ring substituents is 1. The highest BCUT2D eigenvalue weighted by atomic mass is 35.5. The fraction of sp³-hybridized carbons (Fsp3) is 0.100. The van der Waals surface area contributed by atoms with E-state index in [2.05, 4.69) is 4.98 Å². The Morgan fingerprint density at radius 3 is 2.79 bits per heavy atom. The van der Waals surface area contributed by atoms with Crippen LogP contribution in [0.5, 0.6) is 10.9 Å². The maximum Gasteiger partial charge on any atom is 0.280 e. The predicted molar refractivity (Wildman–Crippen MR) is 71.2 cm³/mol. The minimum atomic E-state index is -0.558. The highest BCUT2D eigenvalue weighted by Crippen LogP contribution is 2.36. The number of nitrogens with zero attached hydrogens (tertiary/aromatic N) is 2. The number of hydrogen-bond donors (Lipinski definition) is 1. The van der Waals surface area contributed by atoms with E-state index in [4.69, 9.17) is 33.0 Å². The predicted octanol–water partition coefficient (Wildman–Crippen LogP) is 3.64. The largest absolute Gasteiger partial charge is 0.429 e. The van der Waals surface area contributed by atoms with Crippen molar-refractivity contribution in [2.45, 2.75) is 6.61 Å². The van der Waals surface area contributed by atoms with E-state index in [-0.39, 0.29) is 33.4 Å². The summed E-state index contributed by atoms with van der Waals surface area (Å²) in [7, 11) is 0. The second kappa shape index (κ2) is 5.70. The van der Waals surface area contributed by atoms with Gasteiger partial charge in [-0.25, -0.2) is 0 Å². The number of rotatable bonds is 4. The molecule has 6 nitrogen and oxygen atoms in total. The molecule has 1 aromatic heterocycles. The molecule has 0 aliphatic heterocycles. The van der Waals surface area contributed by atoms with Crippen LogP contribution in [-0.4, -0.2) is 15.0 Å². The van der Waals surface area contributed by atoms with Crippen molar-refractivity contribution in [2.24, 2.45) is 0 Å². The van der Waals surface area contributed by atoms with Crippen LogP contribution in [0.3, 0.4) is 0 Å². The molecule has 0 saturated heterocycles. The summed E-state index contributed by atoms with van der Waals surface area (Å²) in [4.78, 5) is 14.4. The lowest BCUT2D eigenvalue weighted by Crippen LogP contribution is -1.90. The summed E-state index contributed by atoms with van der Waals surface area (Å²) in [5, 5.41) is 20.1. The number of benzene rings is 1. The molecule has 2 aromatic rings. The van der Waals surface area contributed by atoms with Crippen LogP contribution >= 0.6 is 34.5 Å². The van der Waals surface area contributed by atoms with Gasteiger partial charge < -0.3 is 9.84 Å². The first-order chi connectivity index (χ1) is 9.01. The molecule has 0 atom stereocenters. The second-order valence-electron chi connectivity index (χ2n) is 3.33. The van der Waals surface area contributed by atoms with Gasteiger partial charge in [0.25, 0.3) is 10.9 Å². The van der Waals surface area contributed by atoms with Crippen molar-refractivity contribution in [1.29, 1.82) is 0 Å². The molecule has 0 bridgehead atoms. The van der Waals surface area contributed by atoms with Crippen molar-refractivity contribution in [2.75, 3.05) is 0 Å². The van der Waals surface area contributed by atoms with Crippen LogP contribution in [0.2, 0.25) is 10.2 Å². The third-order valence-electron chi connectivity index (χ3n) is 2.10. The summed E-state index contributed by atoms with van der Waals surface area (Å²) in [6.07, 6.45) is 0. The van der Waals surface area contributed by atoms with Crippen LogP contribution in [0.4, 0.5) is 5.69 Å². The molecule has 1 heterocycles. The molecule has 0 aliphatic carbocycles. The number of aliphatic hydroxyl groups excluding tert-OH is 1. The lowest BCUT2D eigenvalue weighted by Gasteiger charge is -2.03. The Morgan fingerprint density at radius 2 is 2.21 bits per heavy atom. The zero-order valence-electron chi connectivity index (χ0n) is 9.17. The fourth-order valence-electron chi connectivity index (χ4n) is 1.23. The first kappa shape index (κ1) is 14.0. The van der Waals surface area contributed by atoms with Crippen molar-refractivity contribution in [3.8, 4) is 10.9 Å². The van der Waals surface area contributed by atoms with Gasteiger partial charge in [0.1, 0.15) is 5.15 Å². The summed E-state index contributed by atoms with van der Waals surface area (Å²) >= 11 is 12.7. The molecule has 0 unspecified atom stereocenters. The molecular weight excluding hydrogens is 315 g/mol. The van der Waals surface area contributed by atoms with Gasteiger partial charge in [0.15, 0.2) is 5.75 Å². The summed E-state index contributed by atoms with van der Waals surface area (Å²) in [6, 6.07) is 3.82. The minimum Gasteiger partial charge on any atom is -0.429 e. The maximum atomic E-state index is 10.7. The number of nitro groups is 1. The Morgan fingerprint density at radius 1 is 1.47 bits per heavy atom. The summed E-state index contributed by atoms with van der Waals surface area (Å²) < 4.78 is 5.34. The van der Waals surface area contributed by atoms with Gasteiger partial charge in [0, 0.05) is 6.07 Å². The van der Waals surface area contributed by atoms with Crippen molar-refractivity contribution in [3.05, 3.63) is 43.4 Å². The highest BCUT2D eigenvalue weighted by molar-refractivity contribution is 7.13. The van der Waals surface area contributed by atoms with E-state index in [1.807, 2.05) is 0 Å². The average Bonchev–Trinajstić information content (AvgIpc) is 2.72. The Labute approximate surface area is 121 Å². The third kappa shape index (κ3) is 3.13. The summed E-state index contributed by atoms with van der Waals surface area (Å²) in [5.41, 5.74) is -0.149. The van der Waals surface area contributed by atoms with E-state index in [0.717, 1.165) is 11.3 Å². The van der Waals surface area contributed by atoms with Crippen molar-refractivity contribution >= 4 is 40.2 Å². The third-order valence-corrected chi connectivity index (χ3v) is 3.75. The number of nitro benzene ring substituents is 1. The van der Waals surface area contributed by atoms with Crippen molar-refractivity contribution < 1.29 is 14.8 Å². The van der Waals surface area contributed by atoms with Crippen LogP contribution in [0.15, 0.2) is 18.2 Å². The zero-order valence-corrected chi connectivity index (χ0v) is 11.5. The Bertz CT molecular complexity index is 632. The van der Waals surface area contributed by atoms with E-state index in [1.54, 1.807) is 0 Å². The van der Waals surface area contributed by atoms with Gasteiger partial charge in [-0.1, -0.05) is 34.5 Å². The van der Waals surface area contributed by atoms with Crippen LogP contribution in [0.1, 0.15) is 4.88 Å². The molecule has 0 amide bonds. The normalized spacial score (nSPS) is 10.5. The Balaban J connectivity index is 2.31. The molecule has 0 aliphatic rings. The van der Waals surface area contributed by atoms with Crippen LogP contribution < -0.4 is 4.74 Å². The van der Waals surface area contributed by atoms with Crippen LogP contribution in [-0.2, 0) is 6.61 Å². The van der Waals surface area contributed by atoms with Crippen molar-refractivity contribution in [1.82, 2.24) is 4.98 Å². The molecule has 1 N–H and O–H groups in total. The Kier molecular flexibility index (Phi) is 4.20. The number of aliphatic hydroxyl groups is 1. The topological polar surface area (TPSA) is 85.5 Å². The van der Waals surface area contributed by atoms with Crippen molar-refractivity contribution in [3.63, 3.8) is 0 Å². The highest BCUT2D eigenvalue weighted by Gasteiger charge is 2.15. The lowest BCUT2D eigenvalue weighted by molar-refractivity contribution is -0.384. The van der Waals surface area contributed by atoms with Gasteiger partial charge in [0.2, 0.25) is 0 Å². The van der Waals surface area contributed by atoms with Gasteiger partial charge >= 0.3 is 0 Å². The standard InChI is InChI=1S/C10H6Cl2N2O4S/c11-6-2-1-5(14(16)17)3-7(6)18-10-13-9(12)8(4-15)19-10/h1-3,15H,4H2. The summed E-state index contributed by atoms with van der Waals surface area (Å²) in [6.45, 7) is -0.261.